The molecule has 0 aliphatic heterocycles. The van der Waals surface area contributed by atoms with Gasteiger partial charge in [-0.1, -0.05) is 51.5 Å². The Morgan fingerprint density at radius 1 is 1.11 bits per heavy atom. The molecule has 1 rings (SSSR count). The number of aromatic nitrogens is 1. The van der Waals surface area contributed by atoms with E-state index in [0.29, 0.717) is 6.04 Å². The zero-order valence-electron chi connectivity index (χ0n) is 12.2. The van der Waals surface area contributed by atoms with Crippen LogP contribution in [0.2, 0.25) is 0 Å². The van der Waals surface area contributed by atoms with Crippen molar-refractivity contribution >= 4 is 0 Å². The van der Waals surface area contributed by atoms with Crippen LogP contribution in [0.1, 0.15) is 69.0 Å². The van der Waals surface area contributed by atoms with E-state index in [1.807, 2.05) is 19.4 Å². The summed E-state index contributed by atoms with van der Waals surface area (Å²) in [5.41, 5.74) is 2.57. The molecule has 2 heteroatoms. The Morgan fingerprint density at radius 2 is 1.83 bits per heavy atom. The quantitative estimate of drug-likeness (QED) is 0.655. The van der Waals surface area contributed by atoms with Crippen molar-refractivity contribution in [2.75, 3.05) is 7.05 Å². The highest BCUT2D eigenvalue weighted by Gasteiger charge is 2.08. The molecule has 1 aromatic rings. The lowest BCUT2D eigenvalue weighted by Gasteiger charge is -2.16. The summed E-state index contributed by atoms with van der Waals surface area (Å²) in [6.07, 6.45) is 13.3. The topological polar surface area (TPSA) is 24.9 Å². The second kappa shape index (κ2) is 9.09. The van der Waals surface area contributed by atoms with Crippen molar-refractivity contribution in [2.45, 2.75) is 64.8 Å². The largest absolute Gasteiger partial charge is 0.313 e. The maximum atomic E-state index is 4.28. The van der Waals surface area contributed by atoms with Crippen molar-refractivity contribution in [3.05, 3.63) is 29.6 Å². The van der Waals surface area contributed by atoms with Gasteiger partial charge in [0.05, 0.1) is 0 Å². The van der Waals surface area contributed by atoms with Crippen molar-refractivity contribution in [3.63, 3.8) is 0 Å². The van der Waals surface area contributed by atoms with Crippen LogP contribution in [0.15, 0.2) is 18.5 Å². The Labute approximate surface area is 112 Å². The van der Waals surface area contributed by atoms with Crippen LogP contribution in [0.3, 0.4) is 0 Å². The fourth-order valence-corrected chi connectivity index (χ4v) is 2.38. The van der Waals surface area contributed by atoms with E-state index in [4.69, 9.17) is 0 Å². The van der Waals surface area contributed by atoms with Crippen molar-refractivity contribution < 1.29 is 0 Å². The summed E-state index contributed by atoms with van der Waals surface area (Å²) in [6.45, 7) is 4.37. The Balaban J connectivity index is 2.29. The first-order valence-corrected chi connectivity index (χ1v) is 7.36. The van der Waals surface area contributed by atoms with E-state index in [0.717, 1.165) is 0 Å². The third-order valence-electron chi connectivity index (χ3n) is 3.49. The maximum absolute atomic E-state index is 4.28. The van der Waals surface area contributed by atoms with Gasteiger partial charge in [-0.05, 0) is 31.5 Å². The normalized spacial score (nSPS) is 12.6. The van der Waals surface area contributed by atoms with Crippen LogP contribution >= 0.6 is 0 Å². The first-order valence-electron chi connectivity index (χ1n) is 7.36. The highest BCUT2D eigenvalue weighted by molar-refractivity contribution is 5.19. The second-order valence-electron chi connectivity index (χ2n) is 5.19. The Bertz CT molecular complexity index is 323. The summed E-state index contributed by atoms with van der Waals surface area (Å²) in [7, 11) is 2.05. The van der Waals surface area contributed by atoms with Crippen LogP contribution < -0.4 is 5.32 Å². The van der Waals surface area contributed by atoms with Crippen molar-refractivity contribution in [2.24, 2.45) is 0 Å². The van der Waals surface area contributed by atoms with Gasteiger partial charge >= 0.3 is 0 Å². The molecule has 0 aliphatic rings. The third kappa shape index (κ3) is 5.63. The molecule has 1 atom stereocenters. The summed E-state index contributed by atoms with van der Waals surface area (Å²) in [6, 6.07) is 2.70. The molecule has 1 unspecified atom stereocenters. The first-order chi connectivity index (χ1) is 8.77. The van der Waals surface area contributed by atoms with Crippen LogP contribution in [0.5, 0.6) is 0 Å². The molecule has 0 saturated carbocycles. The van der Waals surface area contributed by atoms with Gasteiger partial charge in [0.1, 0.15) is 0 Å². The Kier molecular flexibility index (Phi) is 7.66. The fourth-order valence-electron chi connectivity index (χ4n) is 2.38. The van der Waals surface area contributed by atoms with Crippen molar-refractivity contribution in [1.82, 2.24) is 10.3 Å². The molecule has 1 heterocycles. The molecule has 2 nitrogen and oxygen atoms in total. The van der Waals surface area contributed by atoms with Crippen molar-refractivity contribution in [1.29, 1.82) is 0 Å². The van der Waals surface area contributed by atoms with Crippen LogP contribution in [0.4, 0.5) is 0 Å². The summed E-state index contributed by atoms with van der Waals surface area (Å²) < 4.78 is 0. The van der Waals surface area contributed by atoms with E-state index >= 15 is 0 Å². The van der Waals surface area contributed by atoms with Gasteiger partial charge in [-0.3, -0.25) is 4.98 Å². The van der Waals surface area contributed by atoms with Gasteiger partial charge in [-0.25, -0.2) is 0 Å². The van der Waals surface area contributed by atoms with Gasteiger partial charge in [0.15, 0.2) is 0 Å². The van der Waals surface area contributed by atoms with Crippen molar-refractivity contribution in [3.8, 4) is 0 Å². The van der Waals surface area contributed by atoms with Gasteiger partial charge in [-0.15, -0.1) is 0 Å². The number of aryl methyl sites for hydroxylation is 1. The molecule has 0 aliphatic carbocycles. The number of unbranched alkanes of at least 4 members (excludes halogenated alkanes) is 5. The molecule has 102 valence electrons. The average molecular weight is 248 g/mol. The van der Waals surface area contributed by atoms with E-state index in [-0.39, 0.29) is 0 Å². The number of rotatable bonds is 9. The summed E-state index contributed by atoms with van der Waals surface area (Å²) >= 11 is 0. The Morgan fingerprint density at radius 3 is 2.50 bits per heavy atom. The molecule has 0 saturated heterocycles. The Hall–Kier alpha value is -0.890. The van der Waals surface area contributed by atoms with E-state index in [9.17, 15) is 0 Å². The van der Waals surface area contributed by atoms with E-state index in [1.165, 1.54) is 56.1 Å². The van der Waals surface area contributed by atoms with Crippen LogP contribution in [0, 0.1) is 6.92 Å². The minimum absolute atomic E-state index is 0.462. The number of pyridine rings is 1. The maximum Gasteiger partial charge on any atom is 0.0332 e. The zero-order chi connectivity index (χ0) is 13.2. The summed E-state index contributed by atoms with van der Waals surface area (Å²) in [4.78, 5) is 4.28. The molecule has 0 fully saturated rings. The molecule has 1 aromatic heterocycles. The van der Waals surface area contributed by atoms with Crippen LogP contribution in [-0.4, -0.2) is 12.0 Å². The average Bonchev–Trinajstić information content (AvgIpc) is 2.38. The van der Waals surface area contributed by atoms with Gasteiger partial charge in [0, 0.05) is 18.4 Å². The van der Waals surface area contributed by atoms with Crippen LogP contribution in [-0.2, 0) is 0 Å². The SMILES string of the molecule is CCCCCCCCC(NC)c1cncc(C)c1. The molecule has 0 spiro atoms. The first kappa shape index (κ1) is 15.2. The lowest BCUT2D eigenvalue weighted by molar-refractivity contribution is 0.496. The molecule has 0 amide bonds. The van der Waals surface area contributed by atoms with E-state index in [2.05, 4.69) is 30.2 Å². The second-order valence-corrected chi connectivity index (χ2v) is 5.19. The van der Waals surface area contributed by atoms with Crippen LogP contribution in [0.25, 0.3) is 0 Å². The number of nitrogens with zero attached hydrogens (tertiary/aromatic N) is 1. The number of hydrogen-bond acceptors (Lipinski definition) is 2. The zero-order valence-corrected chi connectivity index (χ0v) is 12.2. The third-order valence-corrected chi connectivity index (χ3v) is 3.49. The number of nitrogens with one attached hydrogen (secondary N) is 1. The highest BCUT2D eigenvalue weighted by atomic mass is 14.9. The van der Waals surface area contributed by atoms with Gasteiger partial charge in [-0.2, -0.15) is 0 Å². The minimum Gasteiger partial charge on any atom is -0.313 e. The van der Waals surface area contributed by atoms with E-state index < -0.39 is 0 Å². The molecule has 0 radical (unpaired) electrons. The standard InChI is InChI=1S/C16H28N2/c1-4-5-6-7-8-9-10-16(17-3)15-11-14(2)12-18-13-15/h11-13,16-17H,4-10H2,1-3H3. The molecule has 0 bridgehead atoms. The number of hydrogen-bond donors (Lipinski definition) is 1. The molecule has 18 heavy (non-hydrogen) atoms. The van der Waals surface area contributed by atoms with Gasteiger partial charge in [0.25, 0.3) is 0 Å². The predicted molar refractivity (Wildman–Crippen MR) is 78.8 cm³/mol. The fraction of sp³-hybridized carbons (Fsp3) is 0.688. The smallest absolute Gasteiger partial charge is 0.0332 e. The molecular weight excluding hydrogens is 220 g/mol. The van der Waals surface area contributed by atoms with Gasteiger partial charge in [0.2, 0.25) is 0 Å². The highest BCUT2D eigenvalue weighted by Crippen LogP contribution is 2.20. The molecule has 1 N–H and O–H groups in total. The van der Waals surface area contributed by atoms with E-state index in [1.54, 1.807) is 0 Å². The molecular formula is C16H28N2. The lowest BCUT2D eigenvalue weighted by Crippen LogP contribution is -2.16. The van der Waals surface area contributed by atoms with Gasteiger partial charge < -0.3 is 5.32 Å². The summed E-state index contributed by atoms with van der Waals surface area (Å²) in [5, 5.41) is 3.41. The molecule has 0 aromatic carbocycles. The monoisotopic (exact) mass is 248 g/mol. The lowest BCUT2D eigenvalue weighted by atomic mass is 10.0. The summed E-state index contributed by atoms with van der Waals surface area (Å²) in [5.74, 6) is 0. The predicted octanol–water partition coefficient (Wildman–Crippen LogP) is 4.40. The minimum atomic E-state index is 0.462.